The Balaban J connectivity index is 2.14. The van der Waals surface area contributed by atoms with Gasteiger partial charge in [0.25, 0.3) is 0 Å². The van der Waals surface area contributed by atoms with Crippen LogP contribution in [0, 0.1) is 0 Å². The van der Waals surface area contributed by atoms with Crippen molar-refractivity contribution in [2.45, 2.75) is 31.8 Å². The number of aliphatic hydroxyl groups is 1. The Morgan fingerprint density at radius 1 is 1.50 bits per heavy atom. The number of methoxy groups -OCH3 is 1. The predicted molar refractivity (Wildman–Crippen MR) is 84.0 cm³/mol. The Bertz CT molecular complexity index is 479. The van der Waals surface area contributed by atoms with E-state index in [1.54, 1.807) is 7.11 Å². The first-order valence-electron chi connectivity index (χ1n) is 6.97. The fourth-order valence-electron chi connectivity index (χ4n) is 2.75. The third-order valence-corrected chi connectivity index (χ3v) is 4.10. The van der Waals surface area contributed by atoms with Gasteiger partial charge in [-0.2, -0.15) is 0 Å². The number of rotatable bonds is 5. The molecule has 1 unspecified atom stereocenters. The van der Waals surface area contributed by atoms with E-state index >= 15 is 0 Å². The van der Waals surface area contributed by atoms with E-state index in [1.807, 2.05) is 18.2 Å². The van der Waals surface area contributed by atoms with E-state index < -0.39 is 0 Å². The minimum absolute atomic E-state index is 0.224. The highest BCUT2D eigenvalue weighted by atomic mass is 32.1. The van der Waals surface area contributed by atoms with Crippen LogP contribution in [0.15, 0.2) is 18.2 Å². The largest absolute Gasteiger partial charge is 0.496 e. The lowest BCUT2D eigenvalue weighted by molar-refractivity contribution is 0.0841. The number of hydrogen-bond acceptors (Lipinski definition) is 4. The number of hydrogen-bond donors (Lipinski definition) is 2. The van der Waals surface area contributed by atoms with Crippen molar-refractivity contribution < 1.29 is 9.84 Å². The second-order valence-electron chi connectivity index (χ2n) is 5.20. The summed E-state index contributed by atoms with van der Waals surface area (Å²) >= 11 is 5.01. The zero-order valence-electron chi connectivity index (χ0n) is 11.8. The van der Waals surface area contributed by atoms with E-state index in [4.69, 9.17) is 22.7 Å². The zero-order valence-corrected chi connectivity index (χ0v) is 12.7. The van der Waals surface area contributed by atoms with Crippen LogP contribution in [-0.2, 0) is 6.54 Å². The van der Waals surface area contributed by atoms with Gasteiger partial charge >= 0.3 is 0 Å². The monoisotopic (exact) mass is 294 g/mol. The summed E-state index contributed by atoms with van der Waals surface area (Å²) in [6.07, 6.45) is 3.46. The quantitative estimate of drug-likeness (QED) is 0.809. The van der Waals surface area contributed by atoms with Crippen LogP contribution < -0.4 is 10.5 Å². The first-order valence-corrected chi connectivity index (χ1v) is 7.38. The molecule has 0 radical (unpaired) electrons. The molecule has 0 saturated carbocycles. The van der Waals surface area contributed by atoms with Crippen molar-refractivity contribution in [1.29, 1.82) is 0 Å². The summed E-state index contributed by atoms with van der Waals surface area (Å²) in [5.74, 6) is 0.715. The molecule has 1 fully saturated rings. The third kappa shape index (κ3) is 3.48. The summed E-state index contributed by atoms with van der Waals surface area (Å²) in [6.45, 7) is 2.08. The second kappa shape index (κ2) is 7.02. The van der Waals surface area contributed by atoms with Crippen molar-refractivity contribution in [3.05, 3.63) is 29.3 Å². The first kappa shape index (κ1) is 15.2. The maximum absolute atomic E-state index is 9.46. The predicted octanol–water partition coefficient (Wildman–Crippen LogP) is 1.68. The Kier molecular flexibility index (Phi) is 5.34. The fraction of sp³-hybridized carbons (Fsp3) is 0.533. The van der Waals surface area contributed by atoms with Crippen LogP contribution in [0.3, 0.4) is 0 Å². The Labute approximate surface area is 125 Å². The number of piperidine rings is 1. The van der Waals surface area contributed by atoms with Gasteiger partial charge in [0, 0.05) is 12.6 Å². The lowest BCUT2D eigenvalue weighted by atomic mass is 10.0. The molecular weight excluding hydrogens is 272 g/mol. The van der Waals surface area contributed by atoms with E-state index in [2.05, 4.69) is 4.90 Å². The van der Waals surface area contributed by atoms with Gasteiger partial charge in [0.1, 0.15) is 10.7 Å². The summed E-state index contributed by atoms with van der Waals surface area (Å²) < 4.78 is 5.35. The second-order valence-corrected chi connectivity index (χ2v) is 5.64. The number of nitrogens with zero attached hydrogens (tertiary/aromatic N) is 1. The van der Waals surface area contributed by atoms with Gasteiger partial charge in [0.15, 0.2) is 0 Å². The van der Waals surface area contributed by atoms with Gasteiger partial charge in [0.2, 0.25) is 0 Å². The summed E-state index contributed by atoms with van der Waals surface area (Å²) in [5.41, 5.74) is 7.60. The first-order chi connectivity index (χ1) is 9.65. The van der Waals surface area contributed by atoms with Gasteiger partial charge in [-0.3, -0.25) is 4.90 Å². The molecular formula is C15H22N2O2S. The lowest BCUT2D eigenvalue weighted by Crippen LogP contribution is -2.41. The molecule has 1 aromatic carbocycles. The van der Waals surface area contributed by atoms with E-state index in [0.29, 0.717) is 10.7 Å². The smallest absolute Gasteiger partial charge is 0.129 e. The summed E-state index contributed by atoms with van der Waals surface area (Å²) in [5, 5.41) is 9.46. The van der Waals surface area contributed by atoms with Crippen molar-refractivity contribution in [2.75, 3.05) is 20.3 Å². The van der Waals surface area contributed by atoms with Crippen molar-refractivity contribution in [3.63, 3.8) is 0 Å². The van der Waals surface area contributed by atoms with Crippen LogP contribution in [0.2, 0.25) is 0 Å². The van der Waals surface area contributed by atoms with Crippen LogP contribution >= 0.6 is 12.2 Å². The van der Waals surface area contributed by atoms with E-state index in [-0.39, 0.29) is 12.6 Å². The molecule has 1 aromatic rings. The number of nitrogens with two attached hydrogens (primary N) is 1. The van der Waals surface area contributed by atoms with Crippen molar-refractivity contribution >= 4 is 17.2 Å². The fourth-order valence-corrected chi connectivity index (χ4v) is 2.92. The Hall–Kier alpha value is -1.17. The molecule has 3 N–H and O–H groups in total. The average molecular weight is 294 g/mol. The van der Waals surface area contributed by atoms with E-state index in [1.165, 1.54) is 12.8 Å². The number of benzene rings is 1. The molecule has 1 aliphatic rings. The average Bonchev–Trinajstić information content (AvgIpc) is 2.47. The van der Waals surface area contributed by atoms with Crippen molar-refractivity contribution in [3.8, 4) is 5.75 Å². The maximum atomic E-state index is 9.46. The molecule has 0 aromatic heterocycles. The molecule has 20 heavy (non-hydrogen) atoms. The standard InChI is InChI=1S/C15H22N2O2S/c1-19-14-8-11(5-6-13(14)15(16)20)9-17-7-3-2-4-12(17)10-18/h5-6,8,12,18H,2-4,7,9-10H2,1H3,(H2,16,20). The number of thiocarbonyl (C=S) groups is 1. The van der Waals surface area contributed by atoms with Crippen molar-refractivity contribution in [1.82, 2.24) is 4.90 Å². The minimum Gasteiger partial charge on any atom is -0.496 e. The molecule has 0 amide bonds. The maximum Gasteiger partial charge on any atom is 0.129 e. The summed E-state index contributed by atoms with van der Waals surface area (Å²) in [4.78, 5) is 2.68. The molecule has 2 rings (SSSR count). The van der Waals surface area contributed by atoms with Crippen LogP contribution in [0.25, 0.3) is 0 Å². The number of likely N-dealkylation sites (tertiary alicyclic amines) is 1. The topological polar surface area (TPSA) is 58.7 Å². The zero-order chi connectivity index (χ0) is 14.5. The summed E-state index contributed by atoms with van der Waals surface area (Å²) in [7, 11) is 1.62. The van der Waals surface area contributed by atoms with Gasteiger partial charge in [-0.1, -0.05) is 24.7 Å². The molecule has 110 valence electrons. The normalized spacial score (nSPS) is 19.8. The summed E-state index contributed by atoms with van der Waals surface area (Å²) in [6, 6.07) is 6.19. The molecule has 1 aliphatic heterocycles. The number of aliphatic hydroxyl groups excluding tert-OH is 1. The number of ether oxygens (including phenoxy) is 1. The highest BCUT2D eigenvalue weighted by molar-refractivity contribution is 7.80. The Morgan fingerprint density at radius 3 is 2.95 bits per heavy atom. The van der Waals surface area contributed by atoms with Crippen LogP contribution in [0.1, 0.15) is 30.4 Å². The molecule has 4 nitrogen and oxygen atoms in total. The Morgan fingerprint density at radius 2 is 2.30 bits per heavy atom. The third-order valence-electron chi connectivity index (χ3n) is 3.88. The molecule has 0 spiro atoms. The van der Waals surface area contributed by atoms with Gasteiger partial charge in [-0.15, -0.1) is 0 Å². The van der Waals surface area contributed by atoms with Gasteiger partial charge in [0.05, 0.1) is 19.3 Å². The minimum atomic E-state index is 0.224. The van der Waals surface area contributed by atoms with Gasteiger partial charge in [-0.25, -0.2) is 0 Å². The molecule has 1 saturated heterocycles. The molecule has 1 atom stereocenters. The lowest BCUT2D eigenvalue weighted by Gasteiger charge is -2.34. The van der Waals surface area contributed by atoms with Crippen molar-refractivity contribution in [2.24, 2.45) is 5.73 Å². The van der Waals surface area contributed by atoms with E-state index in [9.17, 15) is 5.11 Å². The highest BCUT2D eigenvalue weighted by Gasteiger charge is 2.21. The van der Waals surface area contributed by atoms with Gasteiger partial charge in [-0.05, 0) is 37.1 Å². The van der Waals surface area contributed by atoms with Crippen LogP contribution in [0.5, 0.6) is 5.75 Å². The van der Waals surface area contributed by atoms with Gasteiger partial charge < -0.3 is 15.6 Å². The highest BCUT2D eigenvalue weighted by Crippen LogP contribution is 2.24. The van der Waals surface area contributed by atoms with Crippen LogP contribution in [0.4, 0.5) is 0 Å². The van der Waals surface area contributed by atoms with E-state index in [0.717, 1.165) is 30.6 Å². The molecule has 1 heterocycles. The van der Waals surface area contributed by atoms with Crippen LogP contribution in [-0.4, -0.2) is 41.3 Å². The molecule has 5 heteroatoms. The molecule has 0 aliphatic carbocycles. The molecule has 0 bridgehead atoms. The SMILES string of the molecule is COc1cc(CN2CCCCC2CO)ccc1C(N)=S.